The van der Waals surface area contributed by atoms with Crippen LogP contribution < -0.4 is 0 Å². The number of aromatic hydroxyl groups is 1. The number of carbonyl (C=O) groups is 3. The van der Waals surface area contributed by atoms with Gasteiger partial charge in [0, 0.05) is 16.8 Å². The third-order valence-electron chi connectivity index (χ3n) is 8.80. The Morgan fingerprint density at radius 3 is 2.51 bits per heavy atom. The number of methoxy groups -OCH3 is 1. The molecule has 196 valence electrons. The van der Waals surface area contributed by atoms with Crippen LogP contribution in [-0.2, 0) is 16.0 Å². The average Bonchev–Trinajstić information content (AvgIpc) is 2.87. The zero-order valence-electron chi connectivity index (χ0n) is 22.7. The monoisotopic (exact) mass is 503 g/mol. The highest BCUT2D eigenvalue weighted by Gasteiger charge is 2.52. The van der Waals surface area contributed by atoms with Gasteiger partial charge in [-0.05, 0) is 62.3 Å². The fraction of sp³-hybridized carbons (Fsp3) is 0.484. The van der Waals surface area contributed by atoms with Crippen molar-refractivity contribution < 1.29 is 24.2 Å². The van der Waals surface area contributed by atoms with Gasteiger partial charge in [-0.3, -0.25) is 19.4 Å². The van der Waals surface area contributed by atoms with Gasteiger partial charge in [0.25, 0.3) is 0 Å². The van der Waals surface area contributed by atoms with Crippen molar-refractivity contribution in [2.45, 2.75) is 72.6 Å². The first-order chi connectivity index (χ1) is 17.4. The van der Waals surface area contributed by atoms with Crippen LogP contribution in [0.4, 0.5) is 0 Å². The predicted octanol–water partition coefficient (Wildman–Crippen LogP) is 6.10. The topological polar surface area (TPSA) is 93.6 Å². The van der Waals surface area contributed by atoms with Crippen LogP contribution in [0.2, 0.25) is 0 Å². The van der Waals surface area contributed by atoms with E-state index < -0.39 is 5.41 Å². The lowest BCUT2D eigenvalue weighted by Crippen LogP contribution is -2.48. The molecule has 0 amide bonds. The number of esters is 1. The smallest absolute Gasteiger partial charge is 0.311 e. The molecule has 0 aliphatic heterocycles. The number of aryl methyl sites for hydroxylation is 2. The zero-order chi connectivity index (χ0) is 27.3. The van der Waals surface area contributed by atoms with Gasteiger partial charge in [0.05, 0.1) is 29.3 Å². The fourth-order valence-corrected chi connectivity index (χ4v) is 6.73. The van der Waals surface area contributed by atoms with E-state index >= 15 is 0 Å². The molecular weight excluding hydrogens is 466 g/mol. The Hall–Kier alpha value is -3.28. The lowest BCUT2D eigenvalue weighted by atomic mass is 9.54. The minimum Gasteiger partial charge on any atom is -0.505 e. The van der Waals surface area contributed by atoms with E-state index in [0.717, 1.165) is 24.8 Å². The summed E-state index contributed by atoms with van der Waals surface area (Å²) >= 11 is 0. The van der Waals surface area contributed by atoms with E-state index in [1.807, 2.05) is 32.9 Å². The normalized spacial score (nSPS) is 25.0. The summed E-state index contributed by atoms with van der Waals surface area (Å²) in [5.41, 5.74) is 1.56. The lowest BCUT2D eigenvalue weighted by Gasteiger charge is -2.49. The number of hydrogen-bond acceptors (Lipinski definition) is 6. The van der Waals surface area contributed by atoms with Gasteiger partial charge >= 0.3 is 5.97 Å². The van der Waals surface area contributed by atoms with Gasteiger partial charge in [-0.25, -0.2) is 0 Å². The third-order valence-corrected chi connectivity index (χ3v) is 8.80. The quantitative estimate of drug-likeness (QED) is 0.323. The largest absolute Gasteiger partial charge is 0.505 e. The second kappa shape index (κ2) is 9.55. The van der Waals surface area contributed by atoms with E-state index in [1.54, 1.807) is 19.1 Å². The summed E-state index contributed by atoms with van der Waals surface area (Å²) in [6.07, 6.45) is 5.62. The van der Waals surface area contributed by atoms with E-state index in [1.165, 1.54) is 7.11 Å². The van der Waals surface area contributed by atoms with Gasteiger partial charge in [-0.15, -0.1) is 6.58 Å². The van der Waals surface area contributed by atoms with Crippen molar-refractivity contribution in [1.29, 1.82) is 0 Å². The van der Waals surface area contributed by atoms with E-state index in [4.69, 9.17) is 4.74 Å². The van der Waals surface area contributed by atoms with Crippen LogP contribution in [0, 0.1) is 23.7 Å². The van der Waals surface area contributed by atoms with E-state index in [2.05, 4.69) is 18.5 Å². The van der Waals surface area contributed by atoms with Gasteiger partial charge in [0.1, 0.15) is 5.75 Å². The maximum atomic E-state index is 13.9. The molecule has 0 radical (unpaired) electrons. The highest BCUT2D eigenvalue weighted by molar-refractivity contribution is 6.30. The fourth-order valence-electron chi connectivity index (χ4n) is 6.73. The van der Waals surface area contributed by atoms with E-state index in [0.29, 0.717) is 35.4 Å². The maximum Gasteiger partial charge on any atom is 0.311 e. The van der Waals surface area contributed by atoms with Crippen molar-refractivity contribution in [1.82, 2.24) is 4.98 Å². The molecule has 1 aromatic carbocycles. The molecule has 2 aliphatic rings. The maximum absolute atomic E-state index is 13.9. The molecule has 1 N–H and O–H groups in total. The summed E-state index contributed by atoms with van der Waals surface area (Å²) in [6.45, 7) is 13.7. The Labute approximate surface area is 219 Å². The third kappa shape index (κ3) is 4.11. The highest BCUT2D eigenvalue weighted by atomic mass is 16.5. The molecule has 1 aromatic heterocycles. The summed E-state index contributed by atoms with van der Waals surface area (Å²) in [6, 6.07) is 5.33. The van der Waals surface area contributed by atoms with Crippen LogP contribution in [0.1, 0.15) is 108 Å². The number of aromatic nitrogens is 1. The molecule has 1 unspecified atom stereocenters. The molecule has 1 fully saturated rings. The lowest BCUT2D eigenvalue weighted by molar-refractivity contribution is -0.162. The van der Waals surface area contributed by atoms with Crippen molar-refractivity contribution in [2.24, 2.45) is 16.7 Å². The molecular formula is C31H37NO5. The molecule has 3 atom stereocenters. The van der Waals surface area contributed by atoms with E-state index in [-0.39, 0.29) is 51.7 Å². The summed E-state index contributed by atoms with van der Waals surface area (Å²) < 4.78 is 5.22. The number of allylic oxidation sites excluding steroid dienone is 1. The zero-order valence-corrected chi connectivity index (χ0v) is 22.7. The first-order valence-electron chi connectivity index (χ1n) is 13.1. The molecule has 2 aromatic rings. The highest BCUT2D eigenvalue weighted by Crippen LogP contribution is 2.54. The number of rotatable bonds is 6. The second-order valence-corrected chi connectivity index (χ2v) is 11.4. The Balaban J connectivity index is 1.78. The van der Waals surface area contributed by atoms with Crippen LogP contribution in [0.3, 0.4) is 0 Å². The van der Waals surface area contributed by atoms with Crippen LogP contribution in [-0.4, -0.2) is 34.7 Å². The Morgan fingerprint density at radius 1 is 1.19 bits per heavy atom. The summed E-state index contributed by atoms with van der Waals surface area (Å²) in [7, 11) is 1.43. The Bertz CT molecular complexity index is 1310. The molecule has 6 heteroatoms. The molecule has 0 spiro atoms. The van der Waals surface area contributed by atoms with Gasteiger partial charge in [-0.1, -0.05) is 51.5 Å². The van der Waals surface area contributed by atoms with Crippen LogP contribution in [0.25, 0.3) is 0 Å². The van der Waals surface area contributed by atoms with Crippen LogP contribution in [0.15, 0.2) is 30.9 Å². The molecule has 2 aliphatic carbocycles. The van der Waals surface area contributed by atoms with Crippen LogP contribution in [0.5, 0.6) is 5.75 Å². The second-order valence-electron chi connectivity index (χ2n) is 11.4. The molecule has 0 saturated heterocycles. The minimum atomic E-state index is -0.676. The van der Waals surface area contributed by atoms with Gasteiger partial charge in [-0.2, -0.15) is 0 Å². The van der Waals surface area contributed by atoms with Crippen molar-refractivity contribution in [2.75, 3.05) is 7.11 Å². The Morgan fingerprint density at radius 2 is 1.89 bits per heavy atom. The number of benzene rings is 1. The Kier molecular flexibility index (Phi) is 6.91. The van der Waals surface area contributed by atoms with Crippen molar-refractivity contribution >= 4 is 17.5 Å². The van der Waals surface area contributed by atoms with Gasteiger partial charge < -0.3 is 9.84 Å². The van der Waals surface area contributed by atoms with Crippen LogP contribution >= 0.6 is 0 Å². The van der Waals surface area contributed by atoms with Gasteiger partial charge in [0.15, 0.2) is 11.6 Å². The number of ketones is 2. The molecule has 6 nitrogen and oxygen atoms in total. The molecule has 1 saturated carbocycles. The number of hydrogen-bond donors (Lipinski definition) is 1. The minimum absolute atomic E-state index is 0.0501. The molecule has 4 rings (SSSR count). The summed E-state index contributed by atoms with van der Waals surface area (Å²) in [5, 5.41) is 11.0. The standard InChI is InChI=1S/C31H37NO5/c1-8-30(5)15-10-16-31(6,29(36)37-7)21(30)14-13-19-11-9-12-20-23(19)27(34)24-22(26(20)33)18(4)32-25(17(2)3)28(24)35/h8-9,11-12,17,21,35H,1,10,13-16H2,2-7H3/t21?,30-,31+/m0/s1. The number of pyridine rings is 1. The number of ether oxygens (including phenoxy) is 1. The number of fused-ring (bicyclic) bond motifs is 2. The summed E-state index contributed by atoms with van der Waals surface area (Å²) in [5.74, 6) is -1.24. The first-order valence-corrected chi connectivity index (χ1v) is 13.1. The van der Waals surface area contributed by atoms with Crippen molar-refractivity contribution in [3.8, 4) is 5.75 Å². The van der Waals surface area contributed by atoms with Gasteiger partial charge in [0.2, 0.25) is 0 Å². The average molecular weight is 504 g/mol. The number of nitrogens with zero attached hydrogens (tertiary/aromatic N) is 1. The first kappa shape index (κ1) is 26.8. The van der Waals surface area contributed by atoms with Crippen molar-refractivity contribution in [3.63, 3.8) is 0 Å². The van der Waals surface area contributed by atoms with Crippen molar-refractivity contribution in [3.05, 3.63) is 70.1 Å². The van der Waals surface area contributed by atoms with E-state index in [9.17, 15) is 19.5 Å². The number of carbonyl (C=O) groups excluding carboxylic acids is 3. The molecule has 0 bridgehead atoms. The predicted molar refractivity (Wildman–Crippen MR) is 142 cm³/mol. The SMILES string of the molecule is C=C[C@@]1(C)CCC[C@@](C)(C(=O)OC)C1CCc1cccc2c1C(=O)c1c(O)c(C(C)C)nc(C)c1C2=O. The molecule has 1 heterocycles. The summed E-state index contributed by atoms with van der Waals surface area (Å²) in [4.78, 5) is 44.9. The molecule has 37 heavy (non-hydrogen) atoms.